The maximum Gasteiger partial charge on any atom is 0.416 e. The minimum absolute atomic E-state index is 0.215. The number of rotatable bonds is 5. The molecule has 0 amide bonds. The fourth-order valence-corrected chi connectivity index (χ4v) is 2.03. The van der Waals surface area contributed by atoms with Crippen LogP contribution in [-0.2, 0) is 6.18 Å². The van der Waals surface area contributed by atoms with Crippen LogP contribution in [-0.4, -0.2) is 19.1 Å². The number of hydrogen-bond donors (Lipinski definition) is 2. The third kappa shape index (κ3) is 3.23. The average Bonchev–Trinajstić information content (AvgIpc) is 3.13. The van der Waals surface area contributed by atoms with Gasteiger partial charge >= 0.3 is 6.18 Å². The summed E-state index contributed by atoms with van der Waals surface area (Å²) in [4.78, 5) is 0. The fraction of sp³-hybridized carbons (Fsp3) is 0.538. The lowest BCUT2D eigenvalue weighted by Gasteiger charge is -2.20. The first-order chi connectivity index (χ1) is 8.52. The Kier molecular flexibility index (Phi) is 3.92. The highest BCUT2D eigenvalue weighted by Crippen LogP contribution is 2.35. The third-order valence-corrected chi connectivity index (χ3v) is 3.22. The Morgan fingerprint density at radius 2 is 1.94 bits per heavy atom. The summed E-state index contributed by atoms with van der Waals surface area (Å²) >= 11 is 0. The molecule has 0 heterocycles. The molecule has 1 aromatic rings. The van der Waals surface area contributed by atoms with E-state index in [1.807, 2.05) is 0 Å². The summed E-state index contributed by atoms with van der Waals surface area (Å²) in [6.45, 7) is 0.723. The summed E-state index contributed by atoms with van der Waals surface area (Å²) in [6.07, 6.45) is -2.10. The number of halogens is 3. The molecule has 1 aliphatic rings. The third-order valence-electron chi connectivity index (χ3n) is 3.22. The molecule has 1 aliphatic carbocycles. The first-order valence-corrected chi connectivity index (χ1v) is 6.12. The second-order valence-corrected chi connectivity index (χ2v) is 4.70. The lowest BCUT2D eigenvalue weighted by atomic mass is 9.93. The molecule has 1 aromatic carbocycles. The van der Waals surface area contributed by atoms with Gasteiger partial charge < -0.3 is 11.1 Å². The van der Waals surface area contributed by atoms with Gasteiger partial charge in [0.25, 0.3) is 0 Å². The van der Waals surface area contributed by atoms with Crippen molar-refractivity contribution in [2.24, 2.45) is 5.73 Å². The molecular formula is C13H17F3N2. The summed E-state index contributed by atoms with van der Waals surface area (Å²) in [5, 5.41) is 3.24. The second kappa shape index (κ2) is 5.28. The predicted octanol–water partition coefficient (Wildman–Crippen LogP) is 2.50. The van der Waals surface area contributed by atoms with Crippen LogP contribution in [0.4, 0.5) is 13.2 Å². The van der Waals surface area contributed by atoms with Gasteiger partial charge in [-0.05, 0) is 24.5 Å². The van der Waals surface area contributed by atoms with Crippen LogP contribution in [0, 0.1) is 0 Å². The molecule has 100 valence electrons. The molecule has 1 fully saturated rings. The van der Waals surface area contributed by atoms with E-state index in [0.29, 0.717) is 18.2 Å². The molecule has 1 atom stereocenters. The van der Waals surface area contributed by atoms with Crippen molar-refractivity contribution < 1.29 is 13.2 Å². The van der Waals surface area contributed by atoms with Crippen LogP contribution in [0.1, 0.15) is 29.9 Å². The van der Waals surface area contributed by atoms with E-state index >= 15 is 0 Å². The Labute approximate surface area is 104 Å². The first-order valence-electron chi connectivity index (χ1n) is 6.12. The summed E-state index contributed by atoms with van der Waals surface area (Å²) < 4.78 is 38.7. The highest BCUT2D eigenvalue weighted by molar-refractivity contribution is 5.33. The molecule has 5 heteroatoms. The number of nitrogens with one attached hydrogen (secondary N) is 1. The minimum Gasteiger partial charge on any atom is -0.330 e. The molecular weight excluding hydrogens is 241 g/mol. The number of nitrogens with two attached hydrogens (primary N) is 1. The molecule has 2 rings (SSSR count). The average molecular weight is 258 g/mol. The van der Waals surface area contributed by atoms with Crippen LogP contribution in [0.5, 0.6) is 0 Å². The highest BCUT2D eigenvalue weighted by atomic mass is 19.4. The van der Waals surface area contributed by atoms with E-state index in [4.69, 9.17) is 5.73 Å². The van der Waals surface area contributed by atoms with Crippen LogP contribution < -0.4 is 11.1 Å². The molecule has 0 saturated heterocycles. The summed E-state index contributed by atoms with van der Waals surface area (Å²) in [6, 6.07) is 6.15. The zero-order valence-electron chi connectivity index (χ0n) is 10.0. The van der Waals surface area contributed by atoms with Crippen LogP contribution in [0.3, 0.4) is 0 Å². The van der Waals surface area contributed by atoms with E-state index < -0.39 is 11.7 Å². The Morgan fingerprint density at radius 1 is 1.28 bits per heavy atom. The first kappa shape index (κ1) is 13.4. The van der Waals surface area contributed by atoms with Gasteiger partial charge in [0, 0.05) is 25.0 Å². The van der Waals surface area contributed by atoms with Crippen molar-refractivity contribution >= 4 is 0 Å². The van der Waals surface area contributed by atoms with E-state index in [1.165, 1.54) is 12.1 Å². The van der Waals surface area contributed by atoms with Gasteiger partial charge in [0.1, 0.15) is 0 Å². The quantitative estimate of drug-likeness (QED) is 0.851. The summed E-state index contributed by atoms with van der Waals surface area (Å²) in [7, 11) is 0. The molecule has 0 radical (unpaired) electrons. The largest absolute Gasteiger partial charge is 0.416 e. The van der Waals surface area contributed by atoms with Gasteiger partial charge in [-0.3, -0.25) is 0 Å². The topological polar surface area (TPSA) is 38.0 Å². The maximum absolute atomic E-state index is 12.9. The normalized spacial score (nSPS) is 17.8. The standard InChI is InChI=1S/C13H17F3N2/c14-13(15,16)12-4-2-1-3-11(12)9(7-17)8-18-10-5-6-10/h1-4,9-10,18H,5-8,17H2. The molecule has 2 nitrogen and oxygen atoms in total. The molecule has 1 unspecified atom stereocenters. The Hall–Kier alpha value is -1.07. The van der Waals surface area contributed by atoms with Crippen LogP contribution in [0.25, 0.3) is 0 Å². The minimum atomic E-state index is -4.32. The number of alkyl halides is 3. The van der Waals surface area contributed by atoms with E-state index in [-0.39, 0.29) is 12.5 Å². The van der Waals surface area contributed by atoms with Crippen molar-refractivity contribution in [1.29, 1.82) is 0 Å². The van der Waals surface area contributed by atoms with E-state index in [2.05, 4.69) is 5.32 Å². The van der Waals surface area contributed by atoms with Crippen LogP contribution in [0.15, 0.2) is 24.3 Å². The number of benzene rings is 1. The molecule has 0 spiro atoms. The van der Waals surface area contributed by atoms with Crippen molar-refractivity contribution in [3.05, 3.63) is 35.4 Å². The fourth-order valence-electron chi connectivity index (χ4n) is 2.03. The summed E-state index contributed by atoms with van der Waals surface area (Å²) in [5.41, 5.74) is 5.34. The monoisotopic (exact) mass is 258 g/mol. The van der Waals surface area contributed by atoms with E-state index in [9.17, 15) is 13.2 Å². The number of hydrogen-bond acceptors (Lipinski definition) is 2. The second-order valence-electron chi connectivity index (χ2n) is 4.70. The Bertz CT molecular complexity index is 399. The molecule has 18 heavy (non-hydrogen) atoms. The van der Waals surface area contributed by atoms with Gasteiger partial charge in [0.05, 0.1) is 5.56 Å². The van der Waals surface area contributed by atoms with Crippen molar-refractivity contribution in [1.82, 2.24) is 5.32 Å². The van der Waals surface area contributed by atoms with Crippen molar-refractivity contribution in [3.63, 3.8) is 0 Å². The van der Waals surface area contributed by atoms with Gasteiger partial charge in [0.15, 0.2) is 0 Å². The highest BCUT2D eigenvalue weighted by Gasteiger charge is 2.34. The van der Waals surface area contributed by atoms with E-state index in [1.54, 1.807) is 6.07 Å². The lowest BCUT2D eigenvalue weighted by molar-refractivity contribution is -0.138. The lowest BCUT2D eigenvalue weighted by Crippen LogP contribution is -2.29. The zero-order valence-corrected chi connectivity index (χ0v) is 10.0. The molecule has 0 bridgehead atoms. The SMILES string of the molecule is NCC(CNC1CC1)c1ccccc1C(F)(F)F. The Balaban J connectivity index is 2.17. The molecule has 0 aliphatic heterocycles. The van der Waals surface area contributed by atoms with Crippen LogP contribution >= 0.6 is 0 Å². The van der Waals surface area contributed by atoms with Gasteiger partial charge in [-0.1, -0.05) is 18.2 Å². The van der Waals surface area contributed by atoms with Crippen molar-refractivity contribution in [2.45, 2.75) is 31.0 Å². The summed E-state index contributed by atoms with van der Waals surface area (Å²) in [5.74, 6) is -0.288. The smallest absolute Gasteiger partial charge is 0.330 e. The zero-order chi connectivity index (χ0) is 13.2. The van der Waals surface area contributed by atoms with Gasteiger partial charge in [-0.25, -0.2) is 0 Å². The van der Waals surface area contributed by atoms with Gasteiger partial charge in [-0.2, -0.15) is 13.2 Å². The molecule has 3 N–H and O–H groups in total. The van der Waals surface area contributed by atoms with Gasteiger partial charge in [-0.15, -0.1) is 0 Å². The molecule has 1 saturated carbocycles. The van der Waals surface area contributed by atoms with Crippen LogP contribution in [0.2, 0.25) is 0 Å². The van der Waals surface area contributed by atoms with E-state index in [0.717, 1.165) is 18.9 Å². The van der Waals surface area contributed by atoms with Crippen molar-refractivity contribution in [2.75, 3.05) is 13.1 Å². The Morgan fingerprint density at radius 3 is 2.50 bits per heavy atom. The van der Waals surface area contributed by atoms with Crippen molar-refractivity contribution in [3.8, 4) is 0 Å². The van der Waals surface area contributed by atoms with Gasteiger partial charge in [0.2, 0.25) is 0 Å². The predicted molar refractivity (Wildman–Crippen MR) is 64.3 cm³/mol. The molecule has 0 aromatic heterocycles. The maximum atomic E-state index is 12.9.